The van der Waals surface area contributed by atoms with Gasteiger partial charge >= 0.3 is 0 Å². The molecule has 16 heavy (non-hydrogen) atoms. The van der Waals surface area contributed by atoms with Crippen LogP contribution in [0.15, 0.2) is 5.38 Å². The van der Waals surface area contributed by atoms with Crippen LogP contribution in [0.1, 0.15) is 32.4 Å². The third-order valence-corrected chi connectivity index (χ3v) is 4.29. The van der Waals surface area contributed by atoms with Crippen LogP contribution in [0.3, 0.4) is 0 Å². The average molecular weight is 239 g/mol. The minimum atomic E-state index is 0.637. The molecular weight excluding hydrogens is 218 g/mol. The zero-order valence-corrected chi connectivity index (χ0v) is 11.2. The molecule has 0 bridgehead atoms. The van der Waals surface area contributed by atoms with Crippen LogP contribution in [0.4, 0.5) is 5.13 Å². The maximum absolute atomic E-state index is 4.66. The Kier molecular flexibility index (Phi) is 3.82. The highest BCUT2D eigenvalue weighted by atomic mass is 32.1. The summed E-state index contributed by atoms with van der Waals surface area (Å²) in [5, 5.41) is 6.63. The maximum Gasteiger partial charge on any atom is 0.185 e. The second-order valence-electron chi connectivity index (χ2n) is 4.59. The van der Waals surface area contributed by atoms with E-state index in [4.69, 9.17) is 0 Å². The highest BCUT2D eigenvalue weighted by Gasteiger charge is 2.31. The lowest BCUT2D eigenvalue weighted by Crippen LogP contribution is -2.30. The van der Waals surface area contributed by atoms with Gasteiger partial charge in [0.2, 0.25) is 0 Å². The summed E-state index contributed by atoms with van der Waals surface area (Å²) in [5.41, 5.74) is 1.16. The van der Waals surface area contributed by atoms with E-state index < -0.39 is 0 Å². The van der Waals surface area contributed by atoms with Gasteiger partial charge in [-0.1, -0.05) is 6.92 Å². The van der Waals surface area contributed by atoms with Crippen molar-refractivity contribution in [3.63, 3.8) is 0 Å². The van der Waals surface area contributed by atoms with Crippen LogP contribution in [0, 0.1) is 5.92 Å². The zero-order chi connectivity index (χ0) is 11.5. The third-order valence-electron chi connectivity index (χ3n) is 3.31. The lowest BCUT2D eigenvalue weighted by atomic mass is 10.2. The predicted molar refractivity (Wildman–Crippen MR) is 70.1 cm³/mol. The fourth-order valence-electron chi connectivity index (χ4n) is 1.86. The molecule has 1 saturated carbocycles. The molecule has 0 saturated heterocycles. The van der Waals surface area contributed by atoms with Gasteiger partial charge in [0.25, 0.3) is 0 Å². The van der Waals surface area contributed by atoms with Crippen LogP contribution in [-0.4, -0.2) is 24.6 Å². The van der Waals surface area contributed by atoms with Crippen LogP contribution < -0.4 is 10.2 Å². The Morgan fingerprint density at radius 3 is 3.00 bits per heavy atom. The molecule has 1 heterocycles. The highest BCUT2D eigenvalue weighted by molar-refractivity contribution is 7.13. The minimum Gasteiger partial charge on any atom is -0.348 e. The van der Waals surface area contributed by atoms with Crippen LogP contribution >= 0.6 is 11.3 Å². The van der Waals surface area contributed by atoms with Crippen molar-refractivity contribution in [1.29, 1.82) is 0 Å². The zero-order valence-electron chi connectivity index (χ0n) is 10.4. The molecule has 1 aromatic rings. The molecule has 1 unspecified atom stereocenters. The van der Waals surface area contributed by atoms with Crippen LogP contribution in [0.25, 0.3) is 0 Å². The normalized spacial score (nSPS) is 17.4. The topological polar surface area (TPSA) is 28.2 Å². The number of rotatable bonds is 6. The van der Waals surface area contributed by atoms with E-state index in [2.05, 4.69) is 41.5 Å². The molecule has 0 amide bonds. The van der Waals surface area contributed by atoms with E-state index in [0.717, 1.165) is 29.8 Å². The van der Waals surface area contributed by atoms with Gasteiger partial charge in [-0.05, 0) is 32.2 Å². The van der Waals surface area contributed by atoms with Crippen molar-refractivity contribution in [1.82, 2.24) is 10.3 Å². The highest BCUT2D eigenvalue weighted by Crippen LogP contribution is 2.36. The van der Waals surface area contributed by atoms with Gasteiger partial charge in [0, 0.05) is 25.0 Å². The Morgan fingerprint density at radius 2 is 2.38 bits per heavy atom. The Bertz CT molecular complexity index is 333. The SMILES string of the molecule is CCNCc1csc(N(C)C(C)C2CC2)n1. The predicted octanol–water partition coefficient (Wildman–Crippen LogP) is 2.49. The quantitative estimate of drug-likeness (QED) is 0.826. The second-order valence-corrected chi connectivity index (χ2v) is 5.43. The molecule has 1 aliphatic rings. The number of hydrogen-bond acceptors (Lipinski definition) is 4. The largest absolute Gasteiger partial charge is 0.348 e. The molecule has 0 aromatic carbocycles. The third kappa shape index (κ3) is 2.74. The van der Waals surface area contributed by atoms with Crippen molar-refractivity contribution in [3.05, 3.63) is 11.1 Å². The number of aromatic nitrogens is 1. The van der Waals surface area contributed by atoms with Crippen molar-refractivity contribution >= 4 is 16.5 Å². The monoisotopic (exact) mass is 239 g/mol. The van der Waals surface area contributed by atoms with Gasteiger partial charge in [-0.3, -0.25) is 0 Å². The average Bonchev–Trinajstić information content (AvgIpc) is 3.04. The van der Waals surface area contributed by atoms with Crippen LogP contribution in [0.5, 0.6) is 0 Å². The van der Waals surface area contributed by atoms with Crippen LogP contribution in [0.2, 0.25) is 0 Å². The molecule has 3 nitrogen and oxygen atoms in total. The van der Waals surface area contributed by atoms with E-state index in [-0.39, 0.29) is 0 Å². The first-order valence-electron chi connectivity index (χ1n) is 6.10. The van der Waals surface area contributed by atoms with E-state index in [1.165, 1.54) is 12.8 Å². The summed E-state index contributed by atoms with van der Waals surface area (Å²) in [5.74, 6) is 0.895. The summed E-state index contributed by atoms with van der Waals surface area (Å²) in [4.78, 5) is 6.99. The van der Waals surface area contributed by atoms with Gasteiger partial charge in [0.15, 0.2) is 5.13 Å². The van der Waals surface area contributed by atoms with Gasteiger partial charge in [0.1, 0.15) is 0 Å². The van der Waals surface area contributed by atoms with Gasteiger partial charge in [-0.15, -0.1) is 11.3 Å². The first-order valence-corrected chi connectivity index (χ1v) is 6.98. The van der Waals surface area contributed by atoms with E-state index >= 15 is 0 Å². The maximum atomic E-state index is 4.66. The van der Waals surface area contributed by atoms with E-state index in [9.17, 15) is 0 Å². The minimum absolute atomic E-state index is 0.637. The number of anilines is 1. The molecular formula is C12H21N3S. The molecule has 0 aliphatic heterocycles. The van der Waals surface area contributed by atoms with Gasteiger partial charge < -0.3 is 10.2 Å². The number of hydrogen-bond donors (Lipinski definition) is 1. The Labute approximate surface area is 102 Å². The summed E-state index contributed by atoms with van der Waals surface area (Å²) in [6.07, 6.45) is 2.78. The number of nitrogens with one attached hydrogen (secondary N) is 1. The molecule has 0 radical (unpaired) electrons. The van der Waals surface area contributed by atoms with Gasteiger partial charge in [0.05, 0.1) is 5.69 Å². The summed E-state index contributed by atoms with van der Waals surface area (Å²) < 4.78 is 0. The van der Waals surface area contributed by atoms with Crippen LogP contribution in [-0.2, 0) is 6.54 Å². The van der Waals surface area contributed by atoms with E-state index in [1.807, 2.05) is 0 Å². The van der Waals surface area contributed by atoms with Crippen molar-refractivity contribution in [2.75, 3.05) is 18.5 Å². The molecule has 2 rings (SSSR count). The first kappa shape index (κ1) is 11.9. The summed E-state index contributed by atoms with van der Waals surface area (Å²) in [7, 11) is 2.17. The molecule has 1 fully saturated rings. The Morgan fingerprint density at radius 1 is 1.62 bits per heavy atom. The standard InChI is InChI=1S/C12H21N3S/c1-4-13-7-11-8-16-12(14-11)15(3)9(2)10-5-6-10/h8-10,13H,4-7H2,1-3H3. The molecule has 90 valence electrons. The molecule has 1 aromatic heterocycles. The number of nitrogens with zero attached hydrogens (tertiary/aromatic N) is 2. The molecule has 1 N–H and O–H groups in total. The molecule has 1 atom stereocenters. The smallest absolute Gasteiger partial charge is 0.185 e. The summed E-state index contributed by atoms with van der Waals surface area (Å²) in [6.45, 7) is 6.32. The lowest BCUT2D eigenvalue weighted by Gasteiger charge is -2.23. The Balaban J connectivity index is 1.94. The Hall–Kier alpha value is -0.610. The van der Waals surface area contributed by atoms with Gasteiger partial charge in [-0.25, -0.2) is 4.98 Å². The summed E-state index contributed by atoms with van der Waals surface area (Å²) in [6, 6.07) is 0.637. The van der Waals surface area contributed by atoms with E-state index in [1.54, 1.807) is 11.3 Å². The van der Waals surface area contributed by atoms with Gasteiger partial charge in [-0.2, -0.15) is 0 Å². The number of thiazole rings is 1. The molecule has 1 aliphatic carbocycles. The first-order chi connectivity index (χ1) is 7.72. The summed E-state index contributed by atoms with van der Waals surface area (Å²) >= 11 is 1.76. The molecule has 0 spiro atoms. The van der Waals surface area contributed by atoms with Crippen molar-refractivity contribution < 1.29 is 0 Å². The van der Waals surface area contributed by atoms with E-state index in [0.29, 0.717) is 6.04 Å². The van der Waals surface area contributed by atoms with Crippen molar-refractivity contribution in [2.24, 2.45) is 5.92 Å². The molecule has 4 heteroatoms. The van der Waals surface area contributed by atoms with Crippen molar-refractivity contribution in [2.45, 2.75) is 39.3 Å². The lowest BCUT2D eigenvalue weighted by molar-refractivity contribution is 0.606. The fourth-order valence-corrected chi connectivity index (χ4v) is 2.74. The van der Waals surface area contributed by atoms with Crippen molar-refractivity contribution in [3.8, 4) is 0 Å². The fraction of sp³-hybridized carbons (Fsp3) is 0.750. The second kappa shape index (κ2) is 5.15.